The second kappa shape index (κ2) is 22.5. The molecule has 0 heterocycles. The van der Waals surface area contributed by atoms with Crippen molar-refractivity contribution in [1.29, 1.82) is 0 Å². The Kier molecular flexibility index (Phi) is 18.4. The van der Waals surface area contributed by atoms with E-state index >= 15 is 0 Å². The van der Waals surface area contributed by atoms with E-state index in [-0.39, 0.29) is 11.9 Å². The molecule has 2 aromatic rings. The second-order valence-corrected chi connectivity index (χ2v) is 10.1. The van der Waals surface area contributed by atoms with Crippen LogP contribution in [0.1, 0.15) is 87.4 Å². The van der Waals surface area contributed by atoms with E-state index in [1.807, 2.05) is 0 Å². The molecular formula is C35H46O8. The maximum absolute atomic E-state index is 12.5. The van der Waals surface area contributed by atoms with Crippen LogP contribution in [-0.2, 0) is 19.1 Å². The molecule has 2 rings (SSSR count). The first kappa shape index (κ1) is 35.1. The number of ether oxygens (including phenoxy) is 5. The van der Waals surface area contributed by atoms with E-state index in [0.29, 0.717) is 43.5 Å². The van der Waals surface area contributed by atoms with Crippen LogP contribution in [-0.4, -0.2) is 44.3 Å². The van der Waals surface area contributed by atoms with Gasteiger partial charge in [0.25, 0.3) is 0 Å². The molecule has 0 fully saturated rings. The van der Waals surface area contributed by atoms with Gasteiger partial charge in [-0.15, -0.1) is 0 Å². The maximum atomic E-state index is 12.5. The number of carbonyl (C=O) groups is 3. The van der Waals surface area contributed by atoms with Gasteiger partial charge in [0.05, 0.1) is 32.0 Å². The van der Waals surface area contributed by atoms with Crippen LogP contribution in [0.2, 0.25) is 0 Å². The van der Waals surface area contributed by atoms with Gasteiger partial charge in [0.1, 0.15) is 17.2 Å². The summed E-state index contributed by atoms with van der Waals surface area (Å²) >= 11 is 0. The molecule has 0 radical (unpaired) electrons. The Morgan fingerprint density at radius 3 is 1.26 bits per heavy atom. The highest BCUT2D eigenvalue weighted by Crippen LogP contribution is 2.20. The van der Waals surface area contributed by atoms with Crippen LogP contribution in [0.25, 0.3) is 0 Å². The lowest BCUT2D eigenvalue weighted by molar-refractivity contribution is -0.138. The molecule has 8 heteroatoms. The number of hydrogen-bond acceptors (Lipinski definition) is 8. The zero-order valence-electron chi connectivity index (χ0n) is 25.3. The highest BCUT2D eigenvalue weighted by Gasteiger charge is 2.09. The van der Waals surface area contributed by atoms with Gasteiger partial charge in [-0.05, 0) is 74.2 Å². The summed E-state index contributed by atoms with van der Waals surface area (Å²) in [5.74, 6) is 0.737. The Bertz CT molecular complexity index is 1090. The van der Waals surface area contributed by atoms with Gasteiger partial charge in [0.15, 0.2) is 0 Å². The normalized spacial score (nSPS) is 10.4. The summed E-state index contributed by atoms with van der Waals surface area (Å²) in [6.07, 6.45) is 14.6. The number of unbranched alkanes of at least 4 members (excludes halogenated alkanes) is 10. The monoisotopic (exact) mass is 594 g/mol. The van der Waals surface area contributed by atoms with Crippen molar-refractivity contribution in [2.75, 3.05) is 26.4 Å². The van der Waals surface area contributed by atoms with E-state index in [1.54, 1.807) is 48.5 Å². The van der Waals surface area contributed by atoms with E-state index in [4.69, 9.17) is 23.7 Å². The largest absolute Gasteiger partial charge is 0.494 e. The molecule has 0 atom stereocenters. The molecule has 0 N–H and O–H groups in total. The summed E-state index contributed by atoms with van der Waals surface area (Å²) in [4.78, 5) is 34.5. The molecule has 0 aliphatic carbocycles. The summed E-state index contributed by atoms with van der Waals surface area (Å²) in [5.41, 5.74) is 0.448. The molecule has 0 unspecified atom stereocenters. The lowest BCUT2D eigenvalue weighted by atomic mass is 10.1. The van der Waals surface area contributed by atoms with Crippen molar-refractivity contribution in [3.8, 4) is 17.2 Å². The fourth-order valence-electron chi connectivity index (χ4n) is 4.12. The van der Waals surface area contributed by atoms with Gasteiger partial charge >= 0.3 is 17.9 Å². The maximum Gasteiger partial charge on any atom is 0.343 e. The van der Waals surface area contributed by atoms with E-state index in [1.165, 1.54) is 12.2 Å². The van der Waals surface area contributed by atoms with Gasteiger partial charge in [-0.3, -0.25) is 0 Å². The lowest BCUT2D eigenvalue weighted by Crippen LogP contribution is -2.08. The van der Waals surface area contributed by atoms with Crippen molar-refractivity contribution in [2.45, 2.75) is 77.0 Å². The summed E-state index contributed by atoms with van der Waals surface area (Å²) in [6.45, 7) is 8.88. The van der Waals surface area contributed by atoms with Crippen molar-refractivity contribution in [3.63, 3.8) is 0 Å². The van der Waals surface area contributed by atoms with Gasteiger partial charge in [0, 0.05) is 12.2 Å². The Hall–Kier alpha value is -4.07. The van der Waals surface area contributed by atoms with Gasteiger partial charge in [-0.1, -0.05) is 64.5 Å². The summed E-state index contributed by atoms with van der Waals surface area (Å²) < 4.78 is 27.0. The first-order valence-electron chi connectivity index (χ1n) is 15.3. The minimum absolute atomic E-state index is 0.366. The Labute approximate surface area is 256 Å². The van der Waals surface area contributed by atoms with Crippen LogP contribution < -0.4 is 14.2 Å². The minimum Gasteiger partial charge on any atom is -0.494 e. The van der Waals surface area contributed by atoms with Crippen LogP contribution in [0.4, 0.5) is 0 Å². The van der Waals surface area contributed by atoms with Crippen molar-refractivity contribution < 1.29 is 38.1 Å². The first-order valence-corrected chi connectivity index (χ1v) is 15.3. The van der Waals surface area contributed by atoms with E-state index < -0.39 is 5.97 Å². The third kappa shape index (κ3) is 16.8. The van der Waals surface area contributed by atoms with Crippen molar-refractivity contribution in [1.82, 2.24) is 0 Å². The third-order valence-electron chi connectivity index (χ3n) is 6.56. The molecule has 0 saturated heterocycles. The third-order valence-corrected chi connectivity index (χ3v) is 6.56. The lowest BCUT2D eigenvalue weighted by Gasteiger charge is -2.09. The van der Waals surface area contributed by atoms with Gasteiger partial charge in [-0.2, -0.15) is 0 Å². The molecule has 0 aliphatic heterocycles. The Morgan fingerprint density at radius 1 is 0.488 bits per heavy atom. The number of esters is 3. The smallest absolute Gasteiger partial charge is 0.343 e. The van der Waals surface area contributed by atoms with Crippen LogP contribution >= 0.6 is 0 Å². The summed E-state index contributed by atoms with van der Waals surface area (Å²) in [5, 5.41) is 0. The fraction of sp³-hybridized carbons (Fsp3) is 0.457. The fourth-order valence-corrected chi connectivity index (χ4v) is 4.12. The van der Waals surface area contributed by atoms with Crippen LogP contribution in [0.15, 0.2) is 73.8 Å². The average Bonchev–Trinajstić information content (AvgIpc) is 3.03. The number of hydrogen-bond donors (Lipinski definition) is 0. The Balaban J connectivity index is 1.52. The van der Waals surface area contributed by atoms with E-state index in [2.05, 4.69) is 13.2 Å². The predicted octanol–water partition coefficient (Wildman–Crippen LogP) is 7.80. The number of rotatable bonds is 24. The van der Waals surface area contributed by atoms with Crippen LogP contribution in [0.5, 0.6) is 17.2 Å². The summed E-state index contributed by atoms with van der Waals surface area (Å²) in [7, 11) is 0. The van der Waals surface area contributed by atoms with Gasteiger partial charge in [-0.25, -0.2) is 14.4 Å². The number of benzene rings is 2. The highest BCUT2D eigenvalue weighted by atomic mass is 16.5. The minimum atomic E-state index is -0.432. The zero-order chi connectivity index (χ0) is 31.0. The molecule has 43 heavy (non-hydrogen) atoms. The quantitative estimate of drug-likeness (QED) is 0.0526. The van der Waals surface area contributed by atoms with Crippen molar-refractivity contribution >= 4 is 17.9 Å². The summed E-state index contributed by atoms with van der Waals surface area (Å²) in [6, 6.07) is 14.0. The molecule has 0 amide bonds. The average molecular weight is 595 g/mol. The highest BCUT2D eigenvalue weighted by molar-refractivity contribution is 5.91. The second-order valence-electron chi connectivity index (χ2n) is 10.1. The van der Waals surface area contributed by atoms with E-state index in [9.17, 15) is 14.4 Å². The predicted molar refractivity (Wildman–Crippen MR) is 167 cm³/mol. The molecule has 2 aromatic carbocycles. The molecular weight excluding hydrogens is 548 g/mol. The van der Waals surface area contributed by atoms with E-state index in [0.717, 1.165) is 82.8 Å². The Morgan fingerprint density at radius 2 is 0.837 bits per heavy atom. The molecule has 0 saturated carbocycles. The van der Waals surface area contributed by atoms with Gasteiger partial charge < -0.3 is 23.7 Å². The molecule has 0 spiro atoms. The molecule has 0 aromatic heterocycles. The van der Waals surface area contributed by atoms with Crippen LogP contribution in [0.3, 0.4) is 0 Å². The molecule has 0 bridgehead atoms. The topological polar surface area (TPSA) is 97.4 Å². The molecule has 0 aliphatic rings. The molecule has 234 valence electrons. The van der Waals surface area contributed by atoms with Gasteiger partial charge in [0.2, 0.25) is 0 Å². The zero-order valence-corrected chi connectivity index (χ0v) is 25.3. The van der Waals surface area contributed by atoms with Crippen LogP contribution in [0, 0.1) is 0 Å². The van der Waals surface area contributed by atoms with Crippen molar-refractivity contribution in [3.05, 3.63) is 79.4 Å². The molecule has 8 nitrogen and oxygen atoms in total. The van der Waals surface area contributed by atoms with Crippen molar-refractivity contribution in [2.24, 2.45) is 0 Å². The first-order chi connectivity index (χ1) is 21.0. The SMILES string of the molecule is C=CC(=O)OCCCCCCCCOc1ccc(OC(=O)c2ccc(OCCCCCCCCOC(=O)C=C)cc2)cc1. The standard InChI is InChI=1S/C35H46O8/c1-3-33(36)41-27-15-11-7-5-9-13-25-39-30-19-17-29(18-20-30)35(38)43-32-23-21-31(22-24-32)40-26-14-10-6-8-12-16-28-42-34(37)4-2/h3-4,17-24H,1-2,5-16,25-28H2. The number of carbonyl (C=O) groups excluding carboxylic acids is 3.